The first-order chi connectivity index (χ1) is 9.93. The number of carbonyl (C=O) groups excluding carboxylic acids is 2. The maximum Gasteiger partial charge on any atom is 0.409 e. The molecule has 21 heavy (non-hydrogen) atoms. The molecule has 1 aliphatic rings. The van der Waals surface area contributed by atoms with Crippen LogP contribution in [0.4, 0.5) is 19.3 Å². The molecule has 1 saturated heterocycles. The van der Waals surface area contributed by atoms with Gasteiger partial charge < -0.3 is 20.3 Å². The summed E-state index contributed by atoms with van der Waals surface area (Å²) in [4.78, 5) is 26.5. The van der Waals surface area contributed by atoms with E-state index in [0.717, 1.165) is 12.1 Å². The van der Waals surface area contributed by atoms with Crippen LogP contribution in [0, 0.1) is 11.6 Å². The van der Waals surface area contributed by atoms with E-state index in [1.807, 2.05) is 0 Å². The van der Waals surface area contributed by atoms with Gasteiger partial charge in [-0.3, -0.25) is 4.79 Å². The fraction of sp³-hybridized carbons (Fsp3) is 0.385. The van der Waals surface area contributed by atoms with Gasteiger partial charge in [0.05, 0.1) is 12.7 Å². The van der Waals surface area contributed by atoms with E-state index >= 15 is 0 Å². The molecule has 114 valence electrons. The van der Waals surface area contributed by atoms with E-state index < -0.39 is 23.6 Å². The average molecular weight is 299 g/mol. The van der Waals surface area contributed by atoms with Crippen LogP contribution < -0.4 is 5.73 Å². The summed E-state index contributed by atoms with van der Waals surface area (Å²) < 4.78 is 30.8. The quantitative estimate of drug-likeness (QED) is 0.787. The van der Waals surface area contributed by atoms with Crippen molar-refractivity contribution in [3.05, 3.63) is 29.3 Å². The number of carbonyl (C=O) groups is 2. The third-order valence-electron chi connectivity index (χ3n) is 3.32. The lowest BCUT2D eigenvalue weighted by atomic mass is 10.1. The van der Waals surface area contributed by atoms with Gasteiger partial charge in [0.15, 0.2) is 11.6 Å². The molecule has 0 unspecified atom stereocenters. The van der Waals surface area contributed by atoms with Crippen LogP contribution in [0.25, 0.3) is 0 Å². The lowest BCUT2D eigenvalue weighted by Crippen LogP contribution is -2.50. The van der Waals surface area contributed by atoms with Crippen LogP contribution >= 0.6 is 0 Å². The van der Waals surface area contributed by atoms with Crippen LogP contribution in [-0.2, 0) is 4.74 Å². The minimum atomic E-state index is -1.12. The Labute approximate surface area is 120 Å². The Morgan fingerprint density at radius 1 is 1.10 bits per heavy atom. The van der Waals surface area contributed by atoms with Gasteiger partial charge in [-0.25, -0.2) is 13.6 Å². The number of anilines is 1. The van der Waals surface area contributed by atoms with Crippen molar-refractivity contribution < 1.29 is 23.1 Å². The highest BCUT2D eigenvalue weighted by atomic mass is 19.2. The van der Waals surface area contributed by atoms with Crippen molar-refractivity contribution in [3.63, 3.8) is 0 Å². The summed E-state index contributed by atoms with van der Waals surface area (Å²) in [6.45, 7) is 1.16. The molecule has 2 amide bonds. The largest absolute Gasteiger partial charge is 0.453 e. The van der Waals surface area contributed by atoms with Crippen LogP contribution in [-0.4, -0.2) is 55.1 Å². The summed E-state index contributed by atoms with van der Waals surface area (Å²) in [5, 5.41) is 0. The molecule has 0 atom stereocenters. The van der Waals surface area contributed by atoms with Crippen LogP contribution in [0.3, 0.4) is 0 Å². The molecular weight excluding hydrogens is 284 g/mol. The Hall–Kier alpha value is -2.38. The number of hydrogen-bond acceptors (Lipinski definition) is 4. The van der Waals surface area contributed by atoms with E-state index in [9.17, 15) is 18.4 Å². The average Bonchev–Trinajstić information content (AvgIpc) is 2.49. The monoisotopic (exact) mass is 299 g/mol. The minimum absolute atomic E-state index is 0.0829. The fourth-order valence-electron chi connectivity index (χ4n) is 2.14. The smallest absolute Gasteiger partial charge is 0.409 e. The molecule has 0 spiro atoms. The number of benzene rings is 1. The molecule has 0 aliphatic carbocycles. The molecule has 0 saturated carbocycles. The number of rotatable bonds is 1. The Kier molecular flexibility index (Phi) is 4.25. The minimum Gasteiger partial charge on any atom is -0.453 e. The Bertz CT molecular complexity index is 572. The summed E-state index contributed by atoms with van der Waals surface area (Å²) in [7, 11) is 1.28. The lowest BCUT2D eigenvalue weighted by molar-refractivity contribution is 0.0600. The number of piperazine rings is 1. The molecule has 1 aromatic rings. The SMILES string of the molecule is COC(=O)N1CCN(C(=O)c2cc(F)c(F)cc2N)CC1. The number of ether oxygens (including phenoxy) is 1. The van der Waals surface area contributed by atoms with Gasteiger partial charge in [-0.1, -0.05) is 0 Å². The third-order valence-corrected chi connectivity index (χ3v) is 3.32. The van der Waals surface area contributed by atoms with E-state index in [1.54, 1.807) is 0 Å². The van der Waals surface area contributed by atoms with Gasteiger partial charge >= 0.3 is 6.09 Å². The van der Waals surface area contributed by atoms with Crippen molar-refractivity contribution in [2.45, 2.75) is 0 Å². The van der Waals surface area contributed by atoms with Crippen molar-refractivity contribution in [3.8, 4) is 0 Å². The molecule has 1 fully saturated rings. The molecule has 1 aromatic carbocycles. The molecule has 1 aliphatic heterocycles. The predicted molar refractivity (Wildman–Crippen MR) is 70.7 cm³/mol. The van der Waals surface area contributed by atoms with Crippen molar-refractivity contribution >= 4 is 17.7 Å². The van der Waals surface area contributed by atoms with Gasteiger partial charge in [0.2, 0.25) is 0 Å². The standard InChI is InChI=1S/C13H15F2N3O3/c1-21-13(20)18-4-2-17(3-5-18)12(19)8-6-9(14)10(15)7-11(8)16/h6-7H,2-5,16H2,1H3. The van der Waals surface area contributed by atoms with Crippen LogP contribution in [0.2, 0.25) is 0 Å². The molecular formula is C13H15F2N3O3. The summed E-state index contributed by atoms with van der Waals surface area (Å²) in [5.41, 5.74) is 5.36. The lowest BCUT2D eigenvalue weighted by Gasteiger charge is -2.34. The van der Waals surface area contributed by atoms with Crippen molar-refractivity contribution in [1.82, 2.24) is 9.80 Å². The fourth-order valence-corrected chi connectivity index (χ4v) is 2.14. The first kappa shape index (κ1) is 15.0. The number of hydrogen-bond donors (Lipinski definition) is 1. The van der Waals surface area contributed by atoms with Gasteiger partial charge in [-0.05, 0) is 6.07 Å². The first-order valence-corrected chi connectivity index (χ1v) is 6.30. The zero-order valence-electron chi connectivity index (χ0n) is 11.4. The number of nitrogens with zero attached hydrogens (tertiary/aromatic N) is 2. The van der Waals surface area contributed by atoms with E-state index in [0.29, 0.717) is 13.1 Å². The molecule has 2 N–H and O–H groups in total. The summed E-state index contributed by atoms with van der Waals surface area (Å²) in [5.74, 6) is -2.71. The molecule has 0 aromatic heterocycles. The predicted octanol–water partition coefficient (Wildman–Crippen LogP) is 1.07. The van der Waals surface area contributed by atoms with Crippen LogP contribution in [0.15, 0.2) is 12.1 Å². The second-order valence-corrected chi connectivity index (χ2v) is 4.60. The van der Waals surface area contributed by atoms with Crippen LogP contribution in [0.1, 0.15) is 10.4 Å². The molecule has 1 heterocycles. The summed E-state index contributed by atoms with van der Waals surface area (Å²) in [6, 6.07) is 1.58. The molecule has 8 heteroatoms. The number of methoxy groups -OCH3 is 1. The maximum absolute atomic E-state index is 13.2. The highest BCUT2D eigenvalue weighted by Crippen LogP contribution is 2.19. The highest BCUT2D eigenvalue weighted by molar-refractivity contribution is 5.99. The number of halogens is 2. The van der Waals surface area contributed by atoms with Gasteiger partial charge in [-0.15, -0.1) is 0 Å². The van der Waals surface area contributed by atoms with E-state index in [-0.39, 0.29) is 24.3 Å². The summed E-state index contributed by atoms with van der Waals surface area (Å²) >= 11 is 0. The number of nitrogens with two attached hydrogens (primary N) is 1. The molecule has 6 nitrogen and oxygen atoms in total. The normalized spacial score (nSPS) is 15.0. The van der Waals surface area contributed by atoms with E-state index in [1.165, 1.54) is 16.9 Å². The zero-order chi connectivity index (χ0) is 15.6. The first-order valence-electron chi connectivity index (χ1n) is 6.30. The zero-order valence-corrected chi connectivity index (χ0v) is 11.4. The van der Waals surface area contributed by atoms with Crippen LogP contribution in [0.5, 0.6) is 0 Å². The second kappa shape index (κ2) is 5.94. The van der Waals surface area contributed by atoms with E-state index in [4.69, 9.17) is 5.73 Å². The molecule has 2 rings (SSSR count). The molecule has 0 radical (unpaired) electrons. The second-order valence-electron chi connectivity index (χ2n) is 4.60. The van der Waals surface area contributed by atoms with E-state index in [2.05, 4.69) is 4.74 Å². The van der Waals surface area contributed by atoms with Crippen molar-refractivity contribution in [1.29, 1.82) is 0 Å². The van der Waals surface area contributed by atoms with Crippen molar-refractivity contribution in [2.24, 2.45) is 0 Å². The Balaban J connectivity index is 2.09. The summed E-state index contributed by atoms with van der Waals surface area (Å²) in [6.07, 6.45) is -0.463. The van der Waals surface area contributed by atoms with Crippen molar-refractivity contribution in [2.75, 3.05) is 39.0 Å². The Morgan fingerprint density at radius 3 is 2.19 bits per heavy atom. The van der Waals surface area contributed by atoms with Gasteiger partial charge in [0, 0.05) is 37.9 Å². The number of nitrogen functional groups attached to an aromatic ring is 1. The van der Waals surface area contributed by atoms with Gasteiger partial charge in [0.1, 0.15) is 0 Å². The highest BCUT2D eigenvalue weighted by Gasteiger charge is 2.26. The van der Waals surface area contributed by atoms with Gasteiger partial charge in [0.25, 0.3) is 5.91 Å². The topological polar surface area (TPSA) is 75.9 Å². The van der Waals surface area contributed by atoms with Gasteiger partial charge in [-0.2, -0.15) is 0 Å². The molecule has 0 bridgehead atoms. The Morgan fingerprint density at radius 2 is 1.62 bits per heavy atom. The maximum atomic E-state index is 13.2. The number of amides is 2. The third kappa shape index (κ3) is 3.04.